The summed E-state index contributed by atoms with van der Waals surface area (Å²) in [5.74, 6) is 1.61. The van der Waals surface area contributed by atoms with Gasteiger partial charge in [0.05, 0.1) is 26.9 Å². The number of fused-ring (bicyclic) bond motifs is 3. The molecule has 0 unspecified atom stereocenters. The van der Waals surface area contributed by atoms with E-state index in [9.17, 15) is 4.79 Å². The van der Waals surface area contributed by atoms with E-state index in [1.165, 1.54) is 10.4 Å². The number of hydrogen-bond acceptors (Lipinski definition) is 7. The molecule has 7 nitrogen and oxygen atoms in total. The van der Waals surface area contributed by atoms with Gasteiger partial charge in [-0.15, -0.1) is 11.3 Å². The molecule has 0 spiro atoms. The van der Waals surface area contributed by atoms with Crippen molar-refractivity contribution in [2.24, 2.45) is 0 Å². The quantitative estimate of drug-likeness (QED) is 0.800. The third-order valence-electron chi connectivity index (χ3n) is 5.38. The molecule has 0 bridgehead atoms. The Morgan fingerprint density at radius 3 is 2.46 bits per heavy atom. The highest BCUT2D eigenvalue weighted by Crippen LogP contribution is 2.43. The maximum Gasteiger partial charge on any atom is 0.256 e. The lowest BCUT2D eigenvalue weighted by Gasteiger charge is -2.28. The summed E-state index contributed by atoms with van der Waals surface area (Å²) >= 11 is 1.69. The molecule has 0 saturated heterocycles. The summed E-state index contributed by atoms with van der Waals surface area (Å²) in [6.07, 6.45) is 0.551. The maximum absolute atomic E-state index is 12.9. The molecule has 2 aromatic rings. The summed E-state index contributed by atoms with van der Waals surface area (Å²) in [6, 6.07) is 3.72. The van der Waals surface area contributed by atoms with E-state index in [1.807, 2.05) is 12.1 Å². The van der Waals surface area contributed by atoms with Crippen LogP contribution >= 0.6 is 11.3 Å². The van der Waals surface area contributed by atoms with Gasteiger partial charge in [-0.3, -0.25) is 9.69 Å². The van der Waals surface area contributed by atoms with E-state index in [0.29, 0.717) is 17.2 Å². The monoisotopic (exact) mass is 403 g/mol. The Hall–Kier alpha value is -2.45. The Kier molecular flexibility index (Phi) is 5.07. The van der Waals surface area contributed by atoms with Crippen LogP contribution in [0.5, 0.6) is 17.2 Å². The van der Waals surface area contributed by atoms with Crippen molar-refractivity contribution in [2.75, 3.05) is 39.7 Å². The van der Waals surface area contributed by atoms with E-state index < -0.39 is 0 Å². The molecule has 4 rings (SSSR count). The minimum absolute atomic E-state index is 0.0325. The number of methoxy groups -OCH3 is 3. The Bertz CT molecular complexity index is 886. The Labute approximate surface area is 168 Å². The lowest BCUT2D eigenvalue weighted by atomic mass is 10.00. The summed E-state index contributed by atoms with van der Waals surface area (Å²) in [6.45, 7) is 5.10. The van der Waals surface area contributed by atoms with E-state index in [2.05, 4.69) is 22.5 Å². The number of hydrogen-bond donors (Lipinski definition) is 2. The molecule has 2 aliphatic heterocycles. The van der Waals surface area contributed by atoms with Crippen LogP contribution in [0.25, 0.3) is 0 Å². The topological polar surface area (TPSA) is 72.1 Å². The van der Waals surface area contributed by atoms with Gasteiger partial charge < -0.3 is 24.8 Å². The molecular weight excluding hydrogens is 378 g/mol. The van der Waals surface area contributed by atoms with Crippen LogP contribution in [0, 0.1) is 0 Å². The number of carbonyl (C=O) groups excluding carboxylic acids is 1. The summed E-state index contributed by atoms with van der Waals surface area (Å²) < 4.78 is 16.3. The van der Waals surface area contributed by atoms with Gasteiger partial charge in [0.15, 0.2) is 11.5 Å². The van der Waals surface area contributed by atoms with Crippen molar-refractivity contribution in [1.82, 2.24) is 10.2 Å². The van der Waals surface area contributed by atoms with Gasteiger partial charge >= 0.3 is 0 Å². The van der Waals surface area contributed by atoms with Crippen molar-refractivity contribution < 1.29 is 19.0 Å². The Balaban J connectivity index is 1.69. The van der Waals surface area contributed by atoms with Gasteiger partial charge in [0, 0.05) is 23.5 Å². The first-order valence-electron chi connectivity index (χ1n) is 9.33. The zero-order valence-corrected chi connectivity index (χ0v) is 17.4. The first kappa shape index (κ1) is 18.9. The zero-order chi connectivity index (χ0) is 19.8. The van der Waals surface area contributed by atoms with Crippen LogP contribution in [-0.2, 0) is 13.0 Å². The van der Waals surface area contributed by atoms with Gasteiger partial charge in [-0.1, -0.05) is 6.92 Å². The molecule has 1 atom stereocenters. The van der Waals surface area contributed by atoms with Crippen molar-refractivity contribution >= 4 is 22.2 Å². The molecule has 1 aromatic heterocycles. The Morgan fingerprint density at radius 2 is 1.86 bits per heavy atom. The van der Waals surface area contributed by atoms with Gasteiger partial charge in [0.2, 0.25) is 5.75 Å². The molecule has 28 heavy (non-hydrogen) atoms. The smallest absolute Gasteiger partial charge is 0.256 e. The lowest BCUT2D eigenvalue weighted by Crippen LogP contribution is -2.38. The fourth-order valence-electron chi connectivity index (χ4n) is 3.87. The number of nitrogens with one attached hydrogen (secondary N) is 2. The molecule has 8 heteroatoms. The van der Waals surface area contributed by atoms with E-state index in [1.54, 1.807) is 32.7 Å². The number of carbonyl (C=O) groups is 1. The molecule has 1 aromatic carbocycles. The summed E-state index contributed by atoms with van der Waals surface area (Å²) in [7, 11) is 4.74. The van der Waals surface area contributed by atoms with E-state index >= 15 is 0 Å². The third kappa shape index (κ3) is 3.06. The minimum Gasteiger partial charge on any atom is -0.493 e. The third-order valence-corrected chi connectivity index (χ3v) is 6.53. The first-order chi connectivity index (χ1) is 13.6. The average Bonchev–Trinajstić information content (AvgIpc) is 3.10. The van der Waals surface area contributed by atoms with Crippen molar-refractivity contribution in [3.8, 4) is 17.2 Å². The lowest BCUT2D eigenvalue weighted by molar-refractivity contribution is 0.0934. The number of rotatable bonds is 5. The van der Waals surface area contributed by atoms with Crippen molar-refractivity contribution in [3.63, 3.8) is 0 Å². The summed E-state index contributed by atoms with van der Waals surface area (Å²) in [5, 5.41) is 7.51. The second-order valence-corrected chi connectivity index (χ2v) is 7.94. The Morgan fingerprint density at radius 1 is 1.14 bits per heavy atom. The predicted molar refractivity (Wildman–Crippen MR) is 109 cm³/mol. The van der Waals surface area contributed by atoms with Crippen LogP contribution in [0.4, 0.5) is 5.00 Å². The molecule has 3 heterocycles. The van der Waals surface area contributed by atoms with Crippen molar-refractivity contribution in [1.29, 1.82) is 0 Å². The molecule has 0 saturated carbocycles. The number of likely N-dealkylation sites (N-methyl/N-ethyl adjacent to an activating group) is 1. The van der Waals surface area contributed by atoms with Crippen LogP contribution in [-0.4, -0.2) is 45.2 Å². The number of ether oxygens (including phenoxy) is 3. The zero-order valence-electron chi connectivity index (χ0n) is 16.5. The standard InChI is InChI=1S/C20H25N3O4S/c1-5-23-7-6-12-15(10-23)28-20-16(12)19(24)21-18(22-20)11-8-13(25-2)17(27-4)14(9-11)26-3/h8-9,18,22H,5-7,10H2,1-4H3,(H,21,24)/t18-/m1/s1. The van der Waals surface area contributed by atoms with E-state index in [4.69, 9.17) is 14.2 Å². The van der Waals surface area contributed by atoms with Gasteiger partial charge in [0.25, 0.3) is 5.91 Å². The van der Waals surface area contributed by atoms with Crippen LogP contribution in [0.3, 0.4) is 0 Å². The summed E-state index contributed by atoms with van der Waals surface area (Å²) in [4.78, 5) is 16.6. The van der Waals surface area contributed by atoms with Gasteiger partial charge in [0.1, 0.15) is 11.2 Å². The molecular formula is C20H25N3O4S. The van der Waals surface area contributed by atoms with E-state index in [0.717, 1.165) is 42.2 Å². The van der Waals surface area contributed by atoms with Crippen molar-refractivity contribution in [3.05, 3.63) is 33.7 Å². The van der Waals surface area contributed by atoms with Crippen molar-refractivity contribution in [2.45, 2.75) is 26.1 Å². The van der Waals surface area contributed by atoms with Crippen LogP contribution in [0.2, 0.25) is 0 Å². The number of nitrogens with zero attached hydrogens (tertiary/aromatic N) is 1. The highest BCUT2D eigenvalue weighted by Gasteiger charge is 2.33. The fourth-order valence-corrected chi connectivity index (χ4v) is 5.19. The molecule has 0 aliphatic carbocycles. The van der Waals surface area contributed by atoms with Crippen LogP contribution in [0.15, 0.2) is 12.1 Å². The molecule has 150 valence electrons. The summed E-state index contributed by atoms with van der Waals surface area (Å²) in [5.41, 5.74) is 2.84. The molecule has 1 amide bonds. The second kappa shape index (κ2) is 7.52. The maximum atomic E-state index is 12.9. The number of amides is 1. The first-order valence-corrected chi connectivity index (χ1v) is 10.1. The molecule has 0 fully saturated rings. The van der Waals surface area contributed by atoms with Crippen LogP contribution in [0.1, 0.15) is 39.5 Å². The minimum atomic E-state index is -0.365. The molecule has 0 radical (unpaired) electrons. The normalized spacial score (nSPS) is 18.6. The molecule has 2 aliphatic rings. The number of anilines is 1. The predicted octanol–water partition coefficient (Wildman–Crippen LogP) is 3.01. The largest absolute Gasteiger partial charge is 0.493 e. The molecule has 2 N–H and O–H groups in total. The van der Waals surface area contributed by atoms with E-state index in [-0.39, 0.29) is 12.1 Å². The SMILES string of the molecule is CCN1CCc2c(sc3c2C(=O)N[C@@H](c2cc(OC)c(OC)c(OC)c2)N3)C1. The average molecular weight is 404 g/mol. The van der Waals surface area contributed by atoms with Gasteiger partial charge in [-0.2, -0.15) is 0 Å². The number of thiophene rings is 1. The van der Waals surface area contributed by atoms with Crippen LogP contribution < -0.4 is 24.8 Å². The fraction of sp³-hybridized carbons (Fsp3) is 0.450. The van der Waals surface area contributed by atoms with Gasteiger partial charge in [-0.25, -0.2) is 0 Å². The highest BCUT2D eigenvalue weighted by atomic mass is 32.1. The van der Waals surface area contributed by atoms with Gasteiger partial charge in [-0.05, 0) is 30.7 Å². The highest BCUT2D eigenvalue weighted by molar-refractivity contribution is 7.16. The number of benzene rings is 1. The second-order valence-electron chi connectivity index (χ2n) is 6.84.